The van der Waals surface area contributed by atoms with Gasteiger partial charge in [0.15, 0.2) is 6.10 Å². The van der Waals surface area contributed by atoms with Crippen molar-refractivity contribution in [1.29, 1.82) is 0 Å². The molecular formula is C27H31NO4S. The second kappa shape index (κ2) is 12.9. The molecule has 0 saturated heterocycles. The minimum Gasteiger partial charge on any atom is -0.492 e. The number of hydrogen-bond acceptors (Lipinski definition) is 5. The van der Waals surface area contributed by atoms with Crippen LogP contribution in [0.5, 0.6) is 0 Å². The van der Waals surface area contributed by atoms with Crippen molar-refractivity contribution in [1.82, 2.24) is 0 Å². The first-order valence-corrected chi connectivity index (χ1v) is 12.0. The van der Waals surface area contributed by atoms with E-state index in [0.717, 1.165) is 17.0 Å². The first kappa shape index (κ1) is 24.7. The standard InChI is InChI=1S/C27H31NO4S/c1-3-31-25(27(29)30)20-22-11-9-12-23(16-15-22)32-19-18-28-17-8-4-5-10-21(2)33-26-14-7-6-13-24(26)28/h4-10,12-17,25H,3,11,18-20H2,1-2H3,(H,29,30)/b5-4-,17-8+,21-10+. The molecule has 0 fully saturated rings. The summed E-state index contributed by atoms with van der Waals surface area (Å²) < 4.78 is 11.4. The monoisotopic (exact) mass is 465 g/mol. The maximum Gasteiger partial charge on any atom is 0.333 e. The number of carbonyl (C=O) groups is 1. The second-order valence-electron chi connectivity index (χ2n) is 7.60. The summed E-state index contributed by atoms with van der Waals surface area (Å²) in [6, 6.07) is 8.38. The zero-order chi connectivity index (χ0) is 23.5. The molecule has 1 aromatic carbocycles. The minimum absolute atomic E-state index is 0.367. The van der Waals surface area contributed by atoms with Gasteiger partial charge in [-0.3, -0.25) is 0 Å². The van der Waals surface area contributed by atoms with E-state index in [1.807, 2.05) is 42.5 Å². The van der Waals surface area contributed by atoms with E-state index in [4.69, 9.17) is 9.47 Å². The van der Waals surface area contributed by atoms with Crippen LogP contribution in [-0.2, 0) is 14.3 Å². The van der Waals surface area contributed by atoms with E-state index in [0.29, 0.717) is 32.6 Å². The fourth-order valence-corrected chi connectivity index (χ4v) is 4.42. The van der Waals surface area contributed by atoms with Gasteiger partial charge in [-0.15, -0.1) is 0 Å². The average Bonchev–Trinajstić information content (AvgIpc) is 3.03. The maximum atomic E-state index is 11.4. The Hall–Kier alpha value is -2.96. The first-order valence-electron chi connectivity index (χ1n) is 11.2. The molecule has 1 heterocycles. The van der Waals surface area contributed by atoms with Crippen molar-refractivity contribution in [3.05, 3.63) is 95.3 Å². The number of aliphatic carboxylic acids is 1. The van der Waals surface area contributed by atoms with Crippen LogP contribution in [0.4, 0.5) is 5.69 Å². The molecule has 0 radical (unpaired) electrons. The van der Waals surface area contributed by atoms with Gasteiger partial charge in [-0.1, -0.05) is 59.8 Å². The lowest BCUT2D eigenvalue weighted by Gasteiger charge is -2.24. The largest absolute Gasteiger partial charge is 0.492 e. The molecule has 1 N–H and O–H groups in total. The molecule has 1 aliphatic heterocycles. The van der Waals surface area contributed by atoms with Crippen LogP contribution in [0.15, 0.2) is 100 Å². The van der Waals surface area contributed by atoms with E-state index in [9.17, 15) is 9.90 Å². The molecule has 0 spiro atoms. The Balaban J connectivity index is 1.64. The third kappa shape index (κ3) is 7.84. The summed E-state index contributed by atoms with van der Waals surface area (Å²) in [6.07, 6.45) is 18.3. The number of rotatable bonds is 9. The number of thioether (sulfide) groups is 1. The molecule has 3 rings (SSSR count). The van der Waals surface area contributed by atoms with Gasteiger partial charge in [0.1, 0.15) is 12.4 Å². The number of carboxylic acid groups (broad SMARTS) is 1. The molecule has 5 nitrogen and oxygen atoms in total. The van der Waals surface area contributed by atoms with Crippen molar-refractivity contribution in [3.63, 3.8) is 0 Å². The number of ether oxygens (including phenoxy) is 2. The molecule has 1 unspecified atom stereocenters. The zero-order valence-corrected chi connectivity index (χ0v) is 20.0. The van der Waals surface area contributed by atoms with Gasteiger partial charge in [-0.25, -0.2) is 4.79 Å². The van der Waals surface area contributed by atoms with Crippen molar-refractivity contribution in [2.24, 2.45) is 0 Å². The van der Waals surface area contributed by atoms with Crippen LogP contribution in [0.25, 0.3) is 0 Å². The molecule has 1 aliphatic carbocycles. The molecule has 0 aromatic heterocycles. The highest BCUT2D eigenvalue weighted by atomic mass is 32.2. The Morgan fingerprint density at radius 1 is 1.18 bits per heavy atom. The Kier molecular flexibility index (Phi) is 9.66. The number of carboxylic acids is 1. The Labute approximate surface area is 200 Å². The molecule has 1 aromatic rings. The van der Waals surface area contributed by atoms with Gasteiger partial charge in [0.2, 0.25) is 0 Å². The van der Waals surface area contributed by atoms with Gasteiger partial charge < -0.3 is 19.5 Å². The van der Waals surface area contributed by atoms with Crippen molar-refractivity contribution < 1.29 is 19.4 Å². The number of nitrogens with zero attached hydrogens (tertiary/aromatic N) is 1. The van der Waals surface area contributed by atoms with E-state index in [1.165, 1.54) is 9.80 Å². The number of hydrogen-bond donors (Lipinski definition) is 1. The van der Waals surface area contributed by atoms with Gasteiger partial charge in [0.25, 0.3) is 0 Å². The molecule has 0 bridgehead atoms. The third-order valence-electron chi connectivity index (χ3n) is 5.10. The van der Waals surface area contributed by atoms with Crippen molar-refractivity contribution in [3.8, 4) is 0 Å². The van der Waals surface area contributed by atoms with Gasteiger partial charge in [-0.05, 0) is 55.5 Å². The highest BCUT2D eigenvalue weighted by Crippen LogP contribution is 2.35. The Morgan fingerprint density at radius 2 is 2.03 bits per heavy atom. The number of para-hydroxylation sites is 1. The van der Waals surface area contributed by atoms with Gasteiger partial charge in [-0.2, -0.15) is 0 Å². The van der Waals surface area contributed by atoms with Gasteiger partial charge in [0, 0.05) is 24.1 Å². The van der Waals surface area contributed by atoms with E-state index >= 15 is 0 Å². The topological polar surface area (TPSA) is 59.0 Å². The highest BCUT2D eigenvalue weighted by Gasteiger charge is 2.19. The quantitative estimate of drug-likeness (QED) is 0.466. The Bertz CT molecular complexity index is 1000. The summed E-state index contributed by atoms with van der Waals surface area (Å²) in [5.41, 5.74) is 2.15. The van der Waals surface area contributed by atoms with Crippen LogP contribution in [0, 0.1) is 0 Å². The predicted molar refractivity (Wildman–Crippen MR) is 135 cm³/mol. The minimum atomic E-state index is -0.932. The van der Waals surface area contributed by atoms with Crippen molar-refractivity contribution >= 4 is 23.4 Å². The number of allylic oxidation sites excluding steroid dienone is 9. The number of benzene rings is 1. The molecule has 0 saturated carbocycles. The second-order valence-corrected chi connectivity index (χ2v) is 8.89. The zero-order valence-electron chi connectivity index (χ0n) is 19.1. The molecule has 2 aliphatic rings. The molecule has 174 valence electrons. The molecule has 0 amide bonds. The summed E-state index contributed by atoms with van der Waals surface area (Å²) in [5.74, 6) is -0.169. The summed E-state index contributed by atoms with van der Waals surface area (Å²) in [4.78, 5) is 16.0. The molecular weight excluding hydrogens is 434 g/mol. The van der Waals surface area contributed by atoms with Crippen LogP contribution < -0.4 is 4.90 Å². The average molecular weight is 466 g/mol. The fourth-order valence-electron chi connectivity index (χ4n) is 3.49. The maximum absolute atomic E-state index is 11.4. The molecule has 6 heteroatoms. The van der Waals surface area contributed by atoms with Crippen LogP contribution in [0.3, 0.4) is 0 Å². The van der Waals surface area contributed by atoms with Crippen LogP contribution >= 0.6 is 11.8 Å². The van der Waals surface area contributed by atoms with E-state index in [2.05, 4.69) is 48.4 Å². The van der Waals surface area contributed by atoms with Crippen molar-refractivity contribution in [2.45, 2.75) is 37.7 Å². The molecule has 1 atom stereocenters. The van der Waals surface area contributed by atoms with Crippen LogP contribution in [-0.4, -0.2) is 36.9 Å². The number of anilines is 1. The summed E-state index contributed by atoms with van der Waals surface area (Å²) in [6.45, 7) is 5.50. The van der Waals surface area contributed by atoms with E-state index in [1.54, 1.807) is 18.7 Å². The lowest BCUT2D eigenvalue weighted by molar-refractivity contribution is -0.149. The van der Waals surface area contributed by atoms with Crippen molar-refractivity contribution in [2.75, 3.05) is 24.7 Å². The van der Waals surface area contributed by atoms with Crippen LogP contribution in [0.2, 0.25) is 0 Å². The normalized spacial score (nSPS) is 20.3. The predicted octanol–water partition coefficient (Wildman–Crippen LogP) is 6.24. The number of fused-ring (bicyclic) bond motifs is 1. The van der Waals surface area contributed by atoms with E-state index < -0.39 is 12.1 Å². The first-order chi connectivity index (χ1) is 16.1. The van der Waals surface area contributed by atoms with Gasteiger partial charge >= 0.3 is 5.97 Å². The third-order valence-corrected chi connectivity index (χ3v) is 6.13. The molecule has 33 heavy (non-hydrogen) atoms. The summed E-state index contributed by atoms with van der Waals surface area (Å²) >= 11 is 1.76. The lowest BCUT2D eigenvalue weighted by Crippen LogP contribution is -2.24. The Morgan fingerprint density at radius 3 is 2.85 bits per heavy atom. The summed E-state index contributed by atoms with van der Waals surface area (Å²) in [7, 11) is 0. The SMILES string of the molecule is CCOC(CC1=CC=C(OCCN2/C=C/C=C\C=C(/C)Sc3ccccc32)C=CC1)C(=O)O. The van der Waals surface area contributed by atoms with E-state index in [-0.39, 0.29) is 0 Å². The lowest BCUT2D eigenvalue weighted by atomic mass is 10.0. The van der Waals surface area contributed by atoms with Crippen LogP contribution in [0.1, 0.15) is 26.7 Å². The highest BCUT2D eigenvalue weighted by molar-refractivity contribution is 8.03. The smallest absolute Gasteiger partial charge is 0.333 e. The van der Waals surface area contributed by atoms with Gasteiger partial charge in [0.05, 0.1) is 12.2 Å². The fraction of sp³-hybridized carbons (Fsp3) is 0.296. The summed E-state index contributed by atoms with van der Waals surface area (Å²) in [5, 5.41) is 9.32.